The Morgan fingerprint density at radius 1 is 1.16 bits per heavy atom. The number of hydrogen-bond acceptors (Lipinski definition) is 2. The van der Waals surface area contributed by atoms with Gasteiger partial charge in [0.1, 0.15) is 11.9 Å². The van der Waals surface area contributed by atoms with Crippen LogP contribution in [0.3, 0.4) is 0 Å². The highest BCUT2D eigenvalue weighted by molar-refractivity contribution is 6.31. The molecule has 0 aliphatic carbocycles. The summed E-state index contributed by atoms with van der Waals surface area (Å²) in [4.78, 5) is 0. The van der Waals surface area contributed by atoms with E-state index < -0.39 is 6.10 Å². The molecule has 0 aromatic heterocycles. The molecule has 0 spiro atoms. The van der Waals surface area contributed by atoms with E-state index in [1.165, 1.54) is 0 Å². The van der Waals surface area contributed by atoms with Crippen LogP contribution in [0.4, 0.5) is 0 Å². The number of aryl methyl sites for hydroxylation is 1. The Morgan fingerprint density at radius 2 is 1.84 bits per heavy atom. The number of rotatable bonds is 4. The Hall–Kier alpha value is -1.51. The normalized spacial score (nSPS) is 12.2. The summed E-state index contributed by atoms with van der Waals surface area (Å²) in [6.45, 7) is 4.54. The molecule has 1 atom stereocenters. The van der Waals surface area contributed by atoms with Crippen molar-refractivity contribution in [1.29, 1.82) is 0 Å². The molecule has 0 aliphatic heterocycles. The number of halogens is 1. The lowest BCUT2D eigenvalue weighted by atomic mass is 10.0. The Labute approximate surface area is 118 Å². The summed E-state index contributed by atoms with van der Waals surface area (Å²) in [6, 6.07) is 13.1. The van der Waals surface area contributed by atoms with Gasteiger partial charge in [0.2, 0.25) is 0 Å². The summed E-state index contributed by atoms with van der Waals surface area (Å²) >= 11 is 6.17. The molecule has 1 N–H and O–H groups in total. The van der Waals surface area contributed by atoms with Gasteiger partial charge < -0.3 is 9.84 Å². The molecule has 0 saturated carbocycles. The monoisotopic (exact) mass is 276 g/mol. The second-order valence-corrected chi connectivity index (χ2v) is 4.84. The quantitative estimate of drug-likeness (QED) is 0.910. The lowest BCUT2D eigenvalue weighted by molar-refractivity contribution is 0.220. The first-order chi connectivity index (χ1) is 9.11. The van der Waals surface area contributed by atoms with Gasteiger partial charge in [0.05, 0.1) is 6.61 Å². The van der Waals surface area contributed by atoms with Crippen molar-refractivity contribution in [2.75, 3.05) is 6.61 Å². The molecule has 19 heavy (non-hydrogen) atoms. The Morgan fingerprint density at radius 3 is 2.42 bits per heavy atom. The number of ether oxygens (including phenoxy) is 1. The zero-order chi connectivity index (χ0) is 13.8. The first kappa shape index (κ1) is 13.9. The zero-order valence-corrected chi connectivity index (χ0v) is 11.8. The molecule has 2 nitrogen and oxygen atoms in total. The van der Waals surface area contributed by atoms with E-state index in [2.05, 4.69) is 0 Å². The van der Waals surface area contributed by atoms with Crippen LogP contribution in [0.25, 0.3) is 0 Å². The van der Waals surface area contributed by atoms with E-state index in [-0.39, 0.29) is 0 Å². The summed E-state index contributed by atoms with van der Waals surface area (Å²) in [5.74, 6) is 0.799. The van der Waals surface area contributed by atoms with Gasteiger partial charge in [0, 0.05) is 10.6 Å². The van der Waals surface area contributed by atoms with Crippen molar-refractivity contribution in [3.8, 4) is 5.75 Å². The fraction of sp³-hybridized carbons (Fsp3) is 0.250. The van der Waals surface area contributed by atoms with Gasteiger partial charge >= 0.3 is 0 Å². The fourth-order valence-electron chi connectivity index (χ4n) is 1.95. The topological polar surface area (TPSA) is 29.5 Å². The van der Waals surface area contributed by atoms with Crippen LogP contribution >= 0.6 is 11.6 Å². The molecule has 2 aromatic carbocycles. The molecule has 2 aromatic rings. The van der Waals surface area contributed by atoms with E-state index in [1.807, 2.05) is 56.3 Å². The lowest BCUT2D eigenvalue weighted by Gasteiger charge is -2.14. The van der Waals surface area contributed by atoms with Gasteiger partial charge in [-0.3, -0.25) is 0 Å². The maximum Gasteiger partial charge on any atom is 0.119 e. The molecule has 3 heteroatoms. The van der Waals surface area contributed by atoms with E-state index in [0.717, 1.165) is 22.4 Å². The number of aliphatic hydroxyl groups is 1. The Bertz CT molecular complexity index is 549. The molecule has 0 amide bonds. The molecule has 0 bridgehead atoms. The van der Waals surface area contributed by atoms with Gasteiger partial charge in [-0.25, -0.2) is 0 Å². The minimum atomic E-state index is -0.719. The molecule has 100 valence electrons. The van der Waals surface area contributed by atoms with Crippen molar-refractivity contribution in [1.82, 2.24) is 0 Å². The van der Waals surface area contributed by atoms with Crippen molar-refractivity contribution in [3.05, 3.63) is 64.2 Å². The molecular weight excluding hydrogens is 260 g/mol. The fourth-order valence-corrected chi connectivity index (χ4v) is 2.28. The van der Waals surface area contributed by atoms with Crippen molar-refractivity contribution in [2.45, 2.75) is 20.0 Å². The number of aliphatic hydroxyl groups excluding tert-OH is 1. The second-order valence-electron chi connectivity index (χ2n) is 4.43. The third-order valence-corrected chi connectivity index (χ3v) is 3.28. The summed E-state index contributed by atoms with van der Waals surface area (Å²) in [5, 5.41) is 10.9. The van der Waals surface area contributed by atoms with Gasteiger partial charge in [-0.05, 0) is 43.2 Å². The van der Waals surface area contributed by atoms with Crippen LogP contribution in [0.2, 0.25) is 5.02 Å². The minimum Gasteiger partial charge on any atom is -0.494 e. The highest BCUT2D eigenvalue weighted by atomic mass is 35.5. The summed E-state index contributed by atoms with van der Waals surface area (Å²) in [6.07, 6.45) is -0.719. The predicted molar refractivity (Wildman–Crippen MR) is 77.9 cm³/mol. The smallest absolute Gasteiger partial charge is 0.119 e. The van der Waals surface area contributed by atoms with E-state index in [9.17, 15) is 5.11 Å². The highest BCUT2D eigenvalue weighted by Crippen LogP contribution is 2.29. The predicted octanol–water partition coefficient (Wildman–Crippen LogP) is 4.13. The molecule has 0 aliphatic rings. The van der Waals surface area contributed by atoms with E-state index in [1.54, 1.807) is 0 Å². The van der Waals surface area contributed by atoms with E-state index in [4.69, 9.17) is 16.3 Å². The summed E-state index contributed by atoms with van der Waals surface area (Å²) < 4.78 is 5.38. The third-order valence-electron chi connectivity index (χ3n) is 2.96. The zero-order valence-electron chi connectivity index (χ0n) is 11.1. The minimum absolute atomic E-state index is 0.585. The van der Waals surface area contributed by atoms with E-state index >= 15 is 0 Å². The Kier molecular flexibility index (Phi) is 4.46. The average Bonchev–Trinajstić information content (AvgIpc) is 2.39. The molecule has 2 rings (SSSR count). The maximum atomic E-state index is 10.4. The van der Waals surface area contributed by atoms with Crippen LogP contribution in [0.1, 0.15) is 29.7 Å². The van der Waals surface area contributed by atoms with Gasteiger partial charge in [-0.1, -0.05) is 35.9 Å². The summed E-state index contributed by atoms with van der Waals surface area (Å²) in [7, 11) is 0. The third kappa shape index (κ3) is 3.28. The van der Waals surface area contributed by atoms with Crippen molar-refractivity contribution >= 4 is 11.6 Å². The Balaban J connectivity index is 2.25. The van der Waals surface area contributed by atoms with Gasteiger partial charge in [-0.2, -0.15) is 0 Å². The van der Waals surface area contributed by atoms with Gasteiger partial charge in [0.15, 0.2) is 0 Å². The second kappa shape index (κ2) is 6.09. The molecule has 0 fully saturated rings. The van der Waals surface area contributed by atoms with Crippen molar-refractivity contribution < 1.29 is 9.84 Å². The largest absolute Gasteiger partial charge is 0.494 e. The molecule has 0 heterocycles. The molecule has 1 unspecified atom stereocenters. The molecule has 0 saturated heterocycles. The van der Waals surface area contributed by atoms with Crippen LogP contribution in [0, 0.1) is 6.92 Å². The van der Waals surface area contributed by atoms with Crippen LogP contribution in [0.15, 0.2) is 42.5 Å². The SMILES string of the molecule is CCOc1ccc(C(O)c2ccc(C)cc2Cl)cc1. The van der Waals surface area contributed by atoms with Crippen molar-refractivity contribution in [3.63, 3.8) is 0 Å². The highest BCUT2D eigenvalue weighted by Gasteiger charge is 2.13. The van der Waals surface area contributed by atoms with Gasteiger partial charge in [0.25, 0.3) is 0 Å². The van der Waals surface area contributed by atoms with Crippen molar-refractivity contribution in [2.24, 2.45) is 0 Å². The number of hydrogen-bond donors (Lipinski definition) is 1. The number of benzene rings is 2. The van der Waals surface area contributed by atoms with Crippen LogP contribution in [-0.2, 0) is 0 Å². The average molecular weight is 277 g/mol. The van der Waals surface area contributed by atoms with Crippen LogP contribution in [0.5, 0.6) is 5.75 Å². The van der Waals surface area contributed by atoms with Crippen LogP contribution < -0.4 is 4.74 Å². The van der Waals surface area contributed by atoms with Crippen LogP contribution in [-0.4, -0.2) is 11.7 Å². The lowest BCUT2D eigenvalue weighted by Crippen LogP contribution is -2.01. The molecule has 0 radical (unpaired) electrons. The van der Waals surface area contributed by atoms with Gasteiger partial charge in [-0.15, -0.1) is 0 Å². The standard InChI is InChI=1S/C16H17ClO2/c1-3-19-13-7-5-12(6-8-13)16(18)14-9-4-11(2)10-15(14)17/h4-10,16,18H,3H2,1-2H3. The molecular formula is C16H17ClO2. The first-order valence-corrected chi connectivity index (χ1v) is 6.66. The summed E-state index contributed by atoms with van der Waals surface area (Å²) in [5.41, 5.74) is 2.60. The first-order valence-electron chi connectivity index (χ1n) is 6.28. The van der Waals surface area contributed by atoms with E-state index in [0.29, 0.717) is 11.6 Å². The maximum absolute atomic E-state index is 10.4.